The maximum atomic E-state index is 6.36. The van der Waals surface area contributed by atoms with E-state index >= 15 is 0 Å². The predicted molar refractivity (Wildman–Crippen MR) is 240 cm³/mol. The Morgan fingerprint density at radius 1 is 0.362 bits per heavy atom. The van der Waals surface area contributed by atoms with Gasteiger partial charge in [-0.25, -0.2) is 0 Å². The van der Waals surface area contributed by atoms with Gasteiger partial charge in [-0.2, -0.15) is 0 Å². The molecule has 0 N–H and O–H groups in total. The molecular formula is C55H34N2O. The highest BCUT2D eigenvalue weighted by Crippen LogP contribution is 2.52. The summed E-state index contributed by atoms with van der Waals surface area (Å²) in [4.78, 5) is 0. The number of rotatable bonds is 4. The molecule has 2 aromatic heterocycles. The van der Waals surface area contributed by atoms with E-state index in [1.807, 2.05) is 0 Å². The average Bonchev–Trinajstić information content (AvgIpc) is 3.76. The van der Waals surface area contributed by atoms with E-state index in [4.69, 9.17) is 4.74 Å². The largest absolute Gasteiger partial charge is 0.488 e. The predicted octanol–water partition coefficient (Wildman–Crippen LogP) is 14.4. The van der Waals surface area contributed by atoms with E-state index in [0.29, 0.717) is 6.61 Å². The fourth-order valence-electron chi connectivity index (χ4n) is 9.95. The van der Waals surface area contributed by atoms with Crippen molar-refractivity contribution in [2.75, 3.05) is 0 Å². The van der Waals surface area contributed by atoms with Crippen LogP contribution in [-0.4, -0.2) is 9.13 Å². The summed E-state index contributed by atoms with van der Waals surface area (Å²) in [6.45, 7) is 0.591. The first kappa shape index (κ1) is 31.6. The molecule has 9 aromatic carbocycles. The van der Waals surface area contributed by atoms with Gasteiger partial charge in [0.2, 0.25) is 0 Å². The Hall–Kier alpha value is -7.62. The number of benzene rings is 9. The summed E-state index contributed by atoms with van der Waals surface area (Å²) in [6.07, 6.45) is 0. The summed E-state index contributed by atoms with van der Waals surface area (Å²) in [5.74, 6) is 0.952. The Bertz CT molecular complexity index is 3510. The molecule has 0 bridgehead atoms. The zero-order chi connectivity index (χ0) is 37.9. The third-order valence-corrected chi connectivity index (χ3v) is 12.5. The van der Waals surface area contributed by atoms with Crippen molar-refractivity contribution in [1.29, 1.82) is 0 Å². The van der Waals surface area contributed by atoms with E-state index in [1.54, 1.807) is 0 Å². The third kappa shape index (κ3) is 4.44. The molecule has 270 valence electrons. The SMILES string of the molecule is c1ccc(-c2cccc(-c3cccc(-n4c5ccccc5c5cc(-c6ccc7c(c6)c6cccc8c6n7-c6cccc7c6-c6c(cccc6-8)CO7)ccc54)c3)c2)cc1. The van der Waals surface area contributed by atoms with Crippen LogP contribution in [0.4, 0.5) is 0 Å². The Kier molecular flexibility index (Phi) is 6.50. The Labute approximate surface area is 335 Å². The summed E-state index contributed by atoms with van der Waals surface area (Å²) in [5.41, 5.74) is 20.7. The van der Waals surface area contributed by atoms with Crippen LogP contribution < -0.4 is 4.74 Å². The second-order valence-electron chi connectivity index (χ2n) is 15.6. The molecule has 11 aromatic rings. The van der Waals surface area contributed by atoms with Crippen LogP contribution in [0.1, 0.15) is 5.56 Å². The smallest absolute Gasteiger partial charge is 0.129 e. The van der Waals surface area contributed by atoms with Crippen LogP contribution in [0.15, 0.2) is 194 Å². The highest BCUT2D eigenvalue weighted by molar-refractivity contribution is 6.18. The molecule has 0 saturated carbocycles. The second-order valence-corrected chi connectivity index (χ2v) is 15.6. The second kappa shape index (κ2) is 11.9. The van der Waals surface area contributed by atoms with E-state index in [2.05, 4.69) is 203 Å². The molecule has 13 rings (SSSR count). The highest BCUT2D eigenvalue weighted by Gasteiger charge is 2.30. The lowest BCUT2D eigenvalue weighted by Crippen LogP contribution is -2.08. The van der Waals surface area contributed by atoms with Gasteiger partial charge in [0.25, 0.3) is 0 Å². The van der Waals surface area contributed by atoms with E-state index in [9.17, 15) is 0 Å². The first-order chi connectivity index (χ1) is 28.8. The monoisotopic (exact) mass is 738 g/mol. The van der Waals surface area contributed by atoms with E-state index in [-0.39, 0.29) is 0 Å². The van der Waals surface area contributed by atoms with Crippen molar-refractivity contribution in [3.8, 4) is 72.8 Å². The molecule has 0 radical (unpaired) electrons. The van der Waals surface area contributed by atoms with E-state index in [1.165, 1.54) is 110 Å². The van der Waals surface area contributed by atoms with Gasteiger partial charge in [-0.3, -0.25) is 0 Å². The van der Waals surface area contributed by atoms with Gasteiger partial charge >= 0.3 is 0 Å². The average molecular weight is 739 g/mol. The molecule has 3 nitrogen and oxygen atoms in total. The Balaban J connectivity index is 0.968. The van der Waals surface area contributed by atoms with Crippen molar-refractivity contribution in [2.24, 2.45) is 0 Å². The van der Waals surface area contributed by atoms with Gasteiger partial charge in [-0.05, 0) is 105 Å². The maximum Gasteiger partial charge on any atom is 0.129 e. The summed E-state index contributed by atoms with van der Waals surface area (Å²) < 4.78 is 11.3. The number of ether oxygens (including phenoxy) is 1. The fourth-order valence-corrected chi connectivity index (χ4v) is 9.95. The molecule has 58 heavy (non-hydrogen) atoms. The Morgan fingerprint density at radius 3 is 1.83 bits per heavy atom. The normalized spacial score (nSPS) is 12.6. The molecule has 0 unspecified atom stereocenters. The van der Waals surface area contributed by atoms with Crippen molar-refractivity contribution in [3.05, 3.63) is 200 Å². The summed E-state index contributed by atoms with van der Waals surface area (Å²) >= 11 is 0. The molecule has 0 amide bonds. The van der Waals surface area contributed by atoms with Crippen LogP contribution in [0.2, 0.25) is 0 Å². The number of aromatic nitrogens is 2. The maximum absolute atomic E-state index is 6.36. The quantitative estimate of drug-likeness (QED) is 0.176. The van der Waals surface area contributed by atoms with Gasteiger partial charge in [0.1, 0.15) is 12.4 Å². The van der Waals surface area contributed by atoms with Crippen molar-refractivity contribution >= 4 is 43.6 Å². The summed E-state index contributed by atoms with van der Waals surface area (Å²) in [6, 6.07) is 71.2. The summed E-state index contributed by atoms with van der Waals surface area (Å²) in [7, 11) is 0. The molecule has 0 atom stereocenters. The highest BCUT2D eigenvalue weighted by atomic mass is 16.5. The van der Waals surface area contributed by atoms with Gasteiger partial charge < -0.3 is 13.9 Å². The minimum Gasteiger partial charge on any atom is -0.488 e. The number of para-hydroxylation sites is 2. The topological polar surface area (TPSA) is 19.1 Å². The molecule has 0 aliphatic carbocycles. The molecule has 3 heteroatoms. The molecule has 4 heterocycles. The van der Waals surface area contributed by atoms with Crippen LogP contribution in [-0.2, 0) is 6.61 Å². The fraction of sp³-hybridized carbons (Fsp3) is 0.0182. The van der Waals surface area contributed by atoms with E-state index < -0.39 is 0 Å². The van der Waals surface area contributed by atoms with Gasteiger partial charge in [0, 0.05) is 43.9 Å². The zero-order valence-corrected chi connectivity index (χ0v) is 31.5. The first-order valence-corrected chi connectivity index (χ1v) is 20.0. The first-order valence-electron chi connectivity index (χ1n) is 20.0. The molecular weight excluding hydrogens is 705 g/mol. The van der Waals surface area contributed by atoms with Crippen LogP contribution in [0, 0.1) is 0 Å². The van der Waals surface area contributed by atoms with Crippen LogP contribution in [0.25, 0.3) is 111 Å². The molecule has 0 spiro atoms. The minimum absolute atomic E-state index is 0.591. The van der Waals surface area contributed by atoms with Gasteiger partial charge in [-0.15, -0.1) is 0 Å². The van der Waals surface area contributed by atoms with Crippen molar-refractivity contribution in [2.45, 2.75) is 6.61 Å². The van der Waals surface area contributed by atoms with Gasteiger partial charge in [-0.1, -0.05) is 133 Å². The van der Waals surface area contributed by atoms with E-state index in [0.717, 1.165) is 11.4 Å². The van der Waals surface area contributed by atoms with Crippen LogP contribution in [0.3, 0.4) is 0 Å². The van der Waals surface area contributed by atoms with Crippen LogP contribution >= 0.6 is 0 Å². The Morgan fingerprint density at radius 2 is 0.966 bits per heavy atom. The van der Waals surface area contributed by atoms with Crippen molar-refractivity contribution in [1.82, 2.24) is 9.13 Å². The lowest BCUT2D eigenvalue weighted by molar-refractivity contribution is 0.302. The lowest BCUT2D eigenvalue weighted by atomic mass is 9.88. The number of fused-ring (bicyclic) bond motifs is 8. The van der Waals surface area contributed by atoms with Gasteiger partial charge in [0.15, 0.2) is 0 Å². The molecule has 2 aliphatic rings. The van der Waals surface area contributed by atoms with Crippen molar-refractivity contribution in [3.63, 3.8) is 0 Å². The minimum atomic E-state index is 0.591. The number of nitrogens with zero attached hydrogens (tertiary/aromatic N) is 2. The zero-order valence-electron chi connectivity index (χ0n) is 31.5. The summed E-state index contributed by atoms with van der Waals surface area (Å²) in [5, 5.41) is 5.00. The number of hydrogen-bond donors (Lipinski definition) is 0. The standard InChI is InChI=1S/C55H34N2O/c1-2-11-34(12-3-1)35-13-6-14-36(29-35)37-15-7-17-41(30-37)56-48-22-5-4-18-42(48)46-31-38(25-27-49(46)56)39-26-28-50-47(32-39)45-21-9-20-44-43-19-8-16-40-33-58-52-24-10-23-51(54(52)53(40)43)57(50)55(44)45/h1-32H,33H2. The third-order valence-electron chi connectivity index (χ3n) is 12.5. The van der Waals surface area contributed by atoms with Gasteiger partial charge in [0.05, 0.1) is 27.8 Å². The lowest BCUT2D eigenvalue weighted by Gasteiger charge is -2.24. The molecule has 0 saturated heterocycles. The molecule has 2 aliphatic heterocycles. The van der Waals surface area contributed by atoms with Crippen molar-refractivity contribution < 1.29 is 4.74 Å². The van der Waals surface area contributed by atoms with Crippen LogP contribution in [0.5, 0.6) is 5.75 Å². The number of hydrogen-bond acceptors (Lipinski definition) is 1. The molecule has 0 fully saturated rings.